The van der Waals surface area contributed by atoms with Gasteiger partial charge < -0.3 is 9.88 Å². The average molecular weight is 413 g/mol. The van der Waals surface area contributed by atoms with Crippen LogP contribution in [0.3, 0.4) is 0 Å². The molecule has 0 unspecified atom stereocenters. The van der Waals surface area contributed by atoms with Crippen molar-refractivity contribution in [3.05, 3.63) is 41.2 Å². The number of aryl methyl sites for hydroxylation is 3. The summed E-state index contributed by atoms with van der Waals surface area (Å²) < 4.78 is 3.87. The lowest BCUT2D eigenvalue weighted by Crippen LogP contribution is -2.23. The zero-order chi connectivity index (χ0) is 21.1. The van der Waals surface area contributed by atoms with Gasteiger partial charge in [0.2, 0.25) is 5.91 Å². The molecule has 1 atom stereocenters. The summed E-state index contributed by atoms with van der Waals surface area (Å²) in [7, 11) is 1.87. The number of carbonyl (C=O) groups is 1. The van der Waals surface area contributed by atoms with Crippen LogP contribution in [0.15, 0.2) is 29.4 Å². The molecule has 0 radical (unpaired) electrons. The Balaban J connectivity index is 1.81. The molecule has 3 rings (SSSR count). The highest BCUT2D eigenvalue weighted by Gasteiger charge is 2.22. The highest BCUT2D eigenvalue weighted by atomic mass is 32.2. The van der Waals surface area contributed by atoms with Crippen molar-refractivity contribution in [2.24, 2.45) is 7.05 Å². The number of thioether (sulfide) groups is 1. The maximum absolute atomic E-state index is 12.8. The van der Waals surface area contributed by atoms with Gasteiger partial charge in [-0.15, -0.1) is 10.2 Å². The van der Waals surface area contributed by atoms with Gasteiger partial charge in [0.15, 0.2) is 11.0 Å². The Morgan fingerprint density at radius 2 is 2.00 bits per heavy atom. The van der Waals surface area contributed by atoms with Crippen molar-refractivity contribution < 1.29 is 4.79 Å². The minimum atomic E-state index is -0.320. The van der Waals surface area contributed by atoms with Crippen molar-refractivity contribution in [3.63, 3.8) is 0 Å². The maximum atomic E-state index is 12.8. The summed E-state index contributed by atoms with van der Waals surface area (Å²) in [5.74, 6) is 0.766. The van der Waals surface area contributed by atoms with Crippen LogP contribution in [0.4, 0.5) is 5.69 Å². The Hall–Kier alpha value is -2.61. The van der Waals surface area contributed by atoms with Crippen molar-refractivity contribution in [2.45, 2.75) is 58.0 Å². The van der Waals surface area contributed by atoms with Crippen LogP contribution in [-0.4, -0.2) is 35.7 Å². The lowest BCUT2D eigenvalue weighted by molar-refractivity contribution is -0.115. The Bertz CT molecular complexity index is 1020. The summed E-state index contributed by atoms with van der Waals surface area (Å²) in [6.07, 6.45) is 0.957. The minimum Gasteiger partial charge on any atom is -0.322 e. The van der Waals surface area contributed by atoms with E-state index in [1.165, 1.54) is 17.3 Å². The molecule has 0 aliphatic rings. The third-order valence-corrected chi connectivity index (χ3v) is 5.93. The fourth-order valence-electron chi connectivity index (χ4n) is 3.19. The molecule has 0 spiro atoms. The van der Waals surface area contributed by atoms with Gasteiger partial charge in [0.1, 0.15) is 0 Å². The Morgan fingerprint density at radius 3 is 2.62 bits per heavy atom. The van der Waals surface area contributed by atoms with E-state index in [4.69, 9.17) is 0 Å². The highest BCUT2D eigenvalue weighted by molar-refractivity contribution is 8.00. The average Bonchev–Trinajstić information content (AvgIpc) is 3.17. The first-order valence-electron chi connectivity index (χ1n) is 9.79. The molecule has 0 aliphatic carbocycles. The number of nitrogens with one attached hydrogen (secondary N) is 1. The molecule has 154 valence electrons. The zero-order valence-corrected chi connectivity index (χ0v) is 18.7. The molecule has 0 fully saturated rings. The number of hydrogen-bond acceptors (Lipinski definition) is 5. The number of anilines is 1. The van der Waals surface area contributed by atoms with Gasteiger partial charge in [-0.1, -0.05) is 42.4 Å². The van der Waals surface area contributed by atoms with Crippen LogP contribution in [0.2, 0.25) is 0 Å². The molecule has 29 heavy (non-hydrogen) atoms. The quantitative estimate of drug-likeness (QED) is 0.590. The first-order valence-corrected chi connectivity index (χ1v) is 10.7. The van der Waals surface area contributed by atoms with Crippen molar-refractivity contribution in [2.75, 3.05) is 5.32 Å². The van der Waals surface area contributed by atoms with E-state index in [-0.39, 0.29) is 11.2 Å². The second kappa shape index (κ2) is 8.82. The standard InChI is InChI=1S/C21H28N6OS/c1-7-11-27-19(17-10-8-9-13(2)12-17)23-24-21(27)29-16(5)20(28)22-18-14(3)25-26(6)15(18)4/h8-10,12,16H,7,11H2,1-6H3,(H,22,28)/t16-/m1/s1. The van der Waals surface area contributed by atoms with Crippen LogP contribution in [0.5, 0.6) is 0 Å². The van der Waals surface area contributed by atoms with E-state index >= 15 is 0 Å². The number of nitrogens with zero attached hydrogens (tertiary/aromatic N) is 5. The van der Waals surface area contributed by atoms with Gasteiger partial charge in [0.25, 0.3) is 0 Å². The van der Waals surface area contributed by atoms with Crippen molar-refractivity contribution in [3.8, 4) is 11.4 Å². The van der Waals surface area contributed by atoms with Crippen LogP contribution in [0.25, 0.3) is 11.4 Å². The molecule has 3 aromatic rings. The molecule has 7 nitrogen and oxygen atoms in total. The van der Waals surface area contributed by atoms with Gasteiger partial charge in [-0.2, -0.15) is 5.10 Å². The number of rotatable bonds is 7. The second-order valence-electron chi connectivity index (χ2n) is 7.25. The van der Waals surface area contributed by atoms with E-state index in [0.717, 1.165) is 46.6 Å². The third-order valence-electron chi connectivity index (χ3n) is 4.85. The molecule has 1 amide bonds. The fourth-order valence-corrected chi connectivity index (χ4v) is 4.06. The lowest BCUT2D eigenvalue weighted by Gasteiger charge is -2.14. The Kier molecular flexibility index (Phi) is 6.42. The minimum absolute atomic E-state index is 0.0719. The van der Waals surface area contributed by atoms with E-state index in [1.807, 2.05) is 40.0 Å². The first-order chi connectivity index (χ1) is 13.8. The molecule has 0 bridgehead atoms. The molecule has 8 heteroatoms. The Labute approximate surface area is 175 Å². The number of hydrogen-bond donors (Lipinski definition) is 1. The summed E-state index contributed by atoms with van der Waals surface area (Å²) in [6, 6.07) is 8.24. The predicted molar refractivity (Wildman–Crippen MR) is 117 cm³/mol. The predicted octanol–water partition coefficient (Wildman–Crippen LogP) is 4.13. The maximum Gasteiger partial charge on any atom is 0.237 e. The monoisotopic (exact) mass is 412 g/mol. The summed E-state index contributed by atoms with van der Waals surface area (Å²) in [5.41, 5.74) is 4.74. The SMILES string of the molecule is CCCn1c(S[C@H](C)C(=O)Nc2c(C)nn(C)c2C)nnc1-c1cccc(C)c1. The largest absolute Gasteiger partial charge is 0.322 e. The van der Waals surface area contributed by atoms with Crippen molar-refractivity contribution in [1.29, 1.82) is 0 Å². The molecule has 2 aromatic heterocycles. The number of carbonyl (C=O) groups excluding carboxylic acids is 1. The summed E-state index contributed by atoms with van der Waals surface area (Å²) >= 11 is 1.43. The van der Waals surface area contributed by atoms with E-state index in [0.29, 0.717) is 0 Å². The molecular weight excluding hydrogens is 384 g/mol. The molecule has 1 aromatic carbocycles. The molecule has 0 aliphatic heterocycles. The van der Waals surface area contributed by atoms with Gasteiger partial charge in [-0.25, -0.2) is 0 Å². The molecule has 0 saturated heterocycles. The van der Waals surface area contributed by atoms with Gasteiger partial charge in [0, 0.05) is 19.2 Å². The van der Waals surface area contributed by atoms with Crippen molar-refractivity contribution >= 4 is 23.4 Å². The number of aromatic nitrogens is 5. The zero-order valence-electron chi connectivity index (χ0n) is 17.9. The summed E-state index contributed by atoms with van der Waals surface area (Å²) in [5, 5.41) is 16.6. The first kappa shape index (κ1) is 21.1. The van der Waals surface area contributed by atoms with Crippen molar-refractivity contribution in [1.82, 2.24) is 24.5 Å². The van der Waals surface area contributed by atoms with Crippen LogP contribution in [0, 0.1) is 20.8 Å². The normalized spacial score (nSPS) is 12.2. The van der Waals surface area contributed by atoms with Crippen LogP contribution in [0.1, 0.15) is 37.2 Å². The van der Waals surface area contributed by atoms with Gasteiger partial charge in [-0.3, -0.25) is 9.48 Å². The Morgan fingerprint density at radius 1 is 1.24 bits per heavy atom. The highest BCUT2D eigenvalue weighted by Crippen LogP contribution is 2.28. The van der Waals surface area contributed by atoms with Crippen LogP contribution < -0.4 is 5.32 Å². The second-order valence-corrected chi connectivity index (χ2v) is 8.55. The smallest absolute Gasteiger partial charge is 0.237 e. The van der Waals surface area contributed by atoms with Crippen LogP contribution in [-0.2, 0) is 18.4 Å². The van der Waals surface area contributed by atoms with Gasteiger partial charge in [-0.05, 0) is 40.2 Å². The van der Waals surface area contributed by atoms with Crippen LogP contribution >= 0.6 is 11.8 Å². The van der Waals surface area contributed by atoms with Gasteiger partial charge >= 0.3 is 0 Å². The molecule has 1 N–H and O–H groups in total. The topological polar surface area (TPSA) is 77.6 Å². The van der Waals surface area contributed by atoms with E-state index < -0.39 is 0 Å². The van der Waals surface area contributed by atoms with Gasteiger partial charge in [0.05, 0.1) is 22.3 Å². The van der Waals surface area contributed by atoms with E-state index in [9.17, 15) is 4.79 Å². The number of amides is 1. The number of benzene rings is 1. The summed E-state index contributed by atoms with van der Waals surface area (Å²) in [6.45, 7) is 10.7. The summed E-state index contributed by atoms with van der Waals surface area (Å²) in [4.78, 5) is 12.8. The lowest BCUT2D eigenvalue weighted by atomic mass is 10.1. The molecular formula is C21H28N6OS. The van der Waals surface area contributed by atoms with E-state index in [1.54, 1.807) is 4.68 Å². The third kappa shape index (κ3) is 4.53. The molecule has 0 saturated carbocycles. The van der Waals surface area contributed by atoms with E-state index in [2.05, 4.69) is 51.2 Å². The molecule has 2 heterocycles. The fraction of sp³-hybridized carbons (Fsp3) is 0.429.